The molecule has 2 N–H and O–H groups in total. The molecule has 3 nitrogen and oxygen atoms in total. The maximum Gasteiger partial charge on any atom is 0.573 e. The highest BCUT2D eigenvalue weighted by Crippen LogP contribution is 2.22. The first-order valence-corrected chi connectivity index (χ1v) is 5.97. The monoisotopic (exact) mass is 275 g/mol. The van der Waals surface area contributed by atoms with Crippen molar-refractivity contribution in [2.24, 2.45) is 5.73 Å². The van der Waals surface area contributed by atoms with Crippen LogP contribution >= 0.6 is 0 Å². The van der Waals surface area contributed by atoms with Crippen LogP contribution in [-0.4, -0.2) is 18.7 Å². The number of ether oxygens (including phenoxy) is 1. The third kappa shape index (κ3) is 6.81. The molecule has 19 heavy (non-hydrogen) atoms. The summed E-state index contributed by atoms with van der Waals surface area (Å²) >= 11 is 0. The average Bonchev–Trinajstić information content (AvgIpc) is 2.30. The van der Waals surface area contributed by atoms with Gasteiger partial charge in [-0.2, -0.15) is 0 Å². The standard InChI is InChI=1S/C13H16F3NO2/c14-13(15,16)19-12-6-4-10(5-7-12)9-11(18)3-1-2-8-17/h4-7H,1-3,8-9,17H2. The molecular formula is C13H16F3NO2. The largest absolute Gasteiger partial charge is 0.573 e. The third-order valence-electron chi connectivity index (χ3n) is 2.47. The zero-order valence-electron chi connectivity index (χ0n) is 10.4. The van der Waals surface area contributed by atoms with Crippen LogP contribution in [0.2, 0.25) is 0 Å². The van der Waals surface area contributed by atoms with Crippen LogP contribution in [0.4, 0.5) is 13.2 Å². The third-order valence-corrected chi connectivity index (χ3v) is 2.47. The van der Waals surface area contributed by atoms with Crippen molar-refractivity contribution < 1.29 is 22.7 Å². The molecule has 1 aromatic rings. The molecule has 0 bridgehead atoms. The molecule has 0 heterocycles. The van der Waals surface area contributed by atoms with Gasteiger partial charge >= 0.3 is 6.36 Å². The van der Waals surface area contributed by atoms with Crippen molar-refractivity contribution in [1.82, 2.24) is 0 Å². The van der Waals surface area contributed by atoms with Gasteiger partial charge in [0.15, 0.2) is 0 Å². The molecule has 0 atom stereocenters. The summed E-state index contributed by atoms with van der Waals surface area (Å²) in [6.07, 6.45) is -2.50. The van der Waals surface area contributed by atoms with Crippen molar-refractivity contribution in [3.63, 3.8) is 0 Å². The quantitative estimate of drug-likeness (QED) is 0.778. The van der Waals surface area contributed by atoms with E-state index in [9.17, 15) is 18.0 Å². The highest BCUT2D eigenvalue weighted by atomic mass is 19.4. The Morgan fingerprint density at radius 1 is 1.16 bits per heavy atom. The summed E-state index contributed by atoms with van der Waals surface area (Å²) in [5, 5.41) is 0. The van der Waals surface area contributed by atoms with Crippen molar-refractivity contribution in [2.45, 2.75) is 32.0 Å². The Morgan fingerprint density at radius 3 is 2.32 bits per heavy atom. The molecule has 0 saturated carbocycles. The zero-order chi connectivity index (χ0) is 14.3. The minimum atomic E-state index is -4.69. The van der Waals surface area contributed by atoms with Gasteiger partial charge in [0, 0.05) is 12.8 Å². The molecule has 0 saturated heterocycles. The Bertz CT molecular complexity index is 401. The summed E-state index contributed by atoms with van der Waals surface area (Å²) in [6, 6.07) is 5.33. The molecule has 0 aliphatic rings. The number of ketones is 1. The first-order valence-electron chi connectivity index (χ1n) is 5.97. The molecule has 106 valence electrons. The lowest BCUT2D eigenvalue weighted by molar-refractivity contribution is -0.274. The molecule has 0 spiro atoms. The van der Waals surface area contributed by atoms with E-state index in [1.807, 2.05) is 0 Å². The Balaban J connectivity index is 2.46. The van der Waals surface area contributed by atoms with Gasteiger partial charge in [-0.25, -0.2) is 0 Å². The molecular weight excluding hydrogens is 259 g/mol. The summed E-state index contributed by atoms with van der Waals surface area (Å²) in [7, 11) is 0. The molecule has 0 aromatic heterocycles. The van der Waals surface area contributed by atoms with Gasteiger partial charge in [0.1, 0.15) is 11.5 Å². The fourth-order valence-corrected chi connectivity index (χ4v) is 1.59. The Hall–Kier alpha value is -1.56. The van der Waals surface area contributed by atoms with E-state index in [1.54, 1.807) is 0 Å². The van der Waals surface area contributed by atoms with Crippen molar-refractivity contribution in [3.8, 4) is 5.75 Å². The highest BCUT2D eigenvalue weighted by molar-refractivity contribution is 5.80. The van der Waals surface area contributed by atoms with Gasteiger partial charge in [0.2, 0.25) is 0 Å². The summed E-state index contributed by atoms with van der Waals surface area (Å²) < 4.78 is 39.6. The van der Waals surface area contributed by atoms with Gasteiger partial charge in [0.25, 0.3) is 0 Å². The Labute approximate surface area is 109 Å². The predicted molar refractivity (Wildman–Crippen MR) is 64.7 cm³/mol. The van der Waals surface area contributed by atoms with Crippen molar-refractivity contribution in [3.05, 3.63) is 29.8 Å². The molecule has 1 rings (SSSR count). The van der Waals surface area contributed by atoms with E-state index in [0.29, 0.717) is 18.5 Å². The normalized spacial score (nSPS) is 11.4. The molecule has 0 radical (unpaired) electrons. The van der Waals surface area contributed by atoms with E-state index >= 15 is 0 Å². The number of unbranched alkanes of at least 4 members (excludes halogenated alkanes) is 1. The van der Waals surface area contributed by atoms with Crippen LogP contribution in [0.1, 0.15) is 24.8 Å². The van der Waals surface area contributed by atoms with Crippen LogP contribution in [0.5, 0.6) is 5.75 Å². The molecule has 0 aliphatic carbocycles. The molecule has 0 unspecified atom stereocenters. The summed E-state index contributed by atoms with van der Waals surface area (Å²) in [4.78, 5) is 11.5. The topological polar surface area (TPSA) is 52.3 Å². The highest BCUT2D eigenvalue weighted by Gasteiger charge is 2.30. The number of carbonyl (C=O) groups excluding carboxylic acids is 1. The van der Waals surface area contributed by atoms with Gasteiger partial charge in [-0.3, -0.25) is 4.79 Å². The number of benzene rings is 1. The minimum Gasteiger partial charge on any atom is -0.406 e. The molecule has 0 amide bonds. The molecule has 6 heteroatoms. The number of carbonyl (C=O) groups is 1. The first-order chi connectivity index (χ1) is 8.90. The molecule has 0 fully saturated rings. The van der Waals surface area contributed by atoms with Crippen LogP contribution in [0.15, 0.2) is 24.3 Å². The smallest absolute Gasteiger partial charge is 0.406 e. The number of hydrogen-bond donors (Lipinski definition) is 1. The van der Waals surface area contributed by atoms with Gasteiger partial charge in [-0.15, -0.1) is 13.2 Å². The fraction of sp³-hybridized carbons (Fsp3) is 0.462. The maximum atomic E-state index is 11.9. The van der Waals surface area contributed by atoms with E-state index in [1.165, 1.54) is 24.3 Å². The Morgan fingerprint density at radius 2 is 1.79 bits per heavy atom. The van der Waals surface area contributed by atoms with Gasteiger partial charge in [-0.1, -0.05) is 12.1 Å². The number of halogens is 3. The first kappa shape index (κ1) is 15.5. The van der Waals surface area contributed by atoms with Gasteiger partial charge in [0.05, 0.1) is 0 Å². The number of nitrogens with two attached hydrogens (primary N) is 1. The van der Waals surface area contributed by atoms with E-state index < -0.39 is 6.36 Å². The fourth-order valence-electron chi connectivity index (χ4n) is 1.59. The second-order valence-corrected chi connectivity index (χ2v) is 4.15. The lowest BCUT2D eigenvalue weighted by Crippen LogP contribution is -2.17. The number of alkyl halides is 3. The van der Waals surface area contributed by atoms with Gasteiger partial charge in [-0.05, 0) is 37.1 Å². The van der Waals surface area contributed by atoms with Crippen molar-refractivity contribution >= 4 is 5.78 Å². The van der Waals surface area contributed by atoms with Crippen LogP contribution < -0.4 is 10.5 Å². The van der Waals surface area contributed by atoms with Crippen LogP contribution in [0.3, 0.4) is 0 Å². The van der Waals surface area contributed by atoms with Crippen molar-refractivity contribution in [1.29, 1.82) is 0 Å². The van der Waals surface area contributed by atoms with Crippen LogP contribution in [0.25, 0.3) is 0 Å². The average molecular weight is 275 g/mol. The van der Waals surface area contributed by atoms with Crippen LogP contribution in [0, 0.1) is 0 Å². The zero-order valence-corrected chi connectivity index (χ0v) is 10.4. The van der Waals surface area contributed by atoms with Crippen molar-refractivity contribution in [2.75, 3.05) is 6.54 Å². The second kappa shape index (κ2) is 7.13. The number of Topliss-reactive ketones (excluding diaryl/α,β-unsaturated/α-hetero) is 1. The Kier molecular flexibility index (Phi) is 5.82. The minimum absolute atomic E-state index is 0.0536. The van der Waals surface area contributed by atoms with E-state index in [0.717, 1.165) is 12.8 Å². The molecule has 1 aromatic carbocycles. The SMILES string of the molecule is NCCCCC(=O)Cc1ccc(OC(F)(F)F)cc1. The van der Waals surface area contributed by atoms with E-state index in [4.69, 9.17) is 5.73 Å². The number of hydrogen-bond acceptors (Lipinski definition) is 3. The number of rotatable bonds is 7. The maximum absolute atomic E-state index is 11.9. The predicted octanol–water partition coefficient (Wildman–Crippen LogP) is 2.83. The summed E-state index contributed by atoms with van der Waals surface area (Å²) in [6.45, 7) is 0.552. The summed E-state index contributed by atoms with van der Waals surface area (Å²) in [5.74, 6) is -0.232. The van der Waals surface area contributed by atoms with Crippen LogP contribution in [-0.2, 0) is 11.2 Å². The van der Waals surface area contributed by atoms with E-state index in [-0.39, 0.29) is 18.0 Å². The molecule has 0 aliphatic heterocycles. The lowest BCUT2D eigenvalue weighted by atomic mass is 10.0. The van der Waals surface area contributed by atoms with Gasteiger partial charge < -0.3 is 10.5 Å². The lowest BCUT2D eigenvalue weighted by Gasteiger charge is -2.09. The second-order valence-electron chi connectivity index (χ2n) is 4.15. The van der Waals surface area contributed by atoms with E-state index in [2.05, 4.69) is 4.74 Å². The summed E-state index contributed by atoms with van der Waals surface area (Å²) in [5.41, 5.74) is 5.99.